The van der Waals surface area contributed by atoms with E-state index in [2.05, 4.69) is 4.98 Å². The lowest BCUT2D eigenvalue weighted by molar-refractivity contribution is 0.288. The van der Waals surface area contributed by atoms with E-state index < -0.39 is 0 Å². The molecule has 0 unspecified atom stereocenters. The molecule has 0 bridgehead atoms. The van der Waals surface area contributed by atoms with E-state index in [0.717, 1.165) is 18.4 Å². The Balaban J connectivity index is 1.89. The van der Waals surface area contributed by atoms with Gasteiger partial charge in [0.05, 0.1) is 6.61 Å². The van der Waals surface area contributed by atoms with Crippen LogP contribution in [0.3, 0.4) is 0 Å². The fourth-order valence-corrected chi connectivity index (χ4v) is 1.03. The molecule has 2 rings (SSSR count). The Hall–Kier alpha value is -0.985. The van der Waals surface area contributed by atoms with Crippen LogP contribution in [0, 0.1) is 5.92 Å². The molecule has 0 spiro atoms. The maximum absolute atomic E-state index is 5.47. The molecule has 0 aliphatic heterocycles. The molecule has 1 saturated carbocycles. The minimum Gasteiger partial charge on any atom is -0.477 e. The number of aromatic nitrogens is 1. The van der Waals surface area contributed by atoms with E-state index in [0.29, 0.717) is 0 Å². The maximum Gasteiger partial charge on any atom is 0.213 e. The lowest BCUT2D eigenvalue weighted by Crippen LogP contribution is -2.05. The van der Waals surface area contributed by atoms with E-state index in [1.54, 1.807) is 0 Å². The van der Waals surface area contributed by atoms with Crippen molar-refractivity contribution in [2.24, 2.45) is 5.92 Å². The Labute approximate surface area is 73.4 Å². The molecule has 1 fully saturated rings. The standard InChI is InChI=1S/C9H12BNO/c10-8-3-4-9(11-5-8)12-6-7-1-2-7/h3-5,7H,1-2,6,10H2. The summed E-state index contributed by atoms with van der Waals surface area (Å²) < 4.78 is 5.47. The van der Waals surface area contributed by atoms with Crippen molar-refractivity contribution in [2.45, 2.75) is 12.8 Å². The Morgan fingerprint density at radius 2 is 2.33 bits per heavy atom. The molecule has 2 nitrogen and oxygen atoms in total. The average Bonchev–Trinajstić information content (AvgIpc) is 2.87. The van der Waals surface area contributed by atoms with Gasteiger partial charge in [0.25, 0.3) is 0 Å². The molecule has 0 amide bonds. The van der Waals surface area contributed by atoms with Crippen LogP contribution in [-0.2, 0) is 0 Å². The van der Waals surface area contributed by atoms with Gasteiger partial charge >= 0.3 is 0 Å². The topological polar surface area (TPSA) is 22.1 Å². The fourth-order valence-electron chi connectivity index (χ4n) is 1.03. The van der Waals surface area contributed by atoms with Gasteiger partial charge in [0.1, 0.15) is 7.85 Å². The Morgan fingerprint density at radius 1 is 1.50 bits per heavy atom. The van der Waals surface area contributed by atoms with Crippen LogP contribution in [0.2, 0.25) is 0 Å². The molecule has 0 saturated heterocycles. The van der Waals surface area contributed by atoms with E-state index in [4.69, 9.17) is 4.74 Å². The molecule has 1 aromatic heterocycles. The van der Waals surface area contributed by atoms with Crippen molar-refractivity contribution in [1.29, 1.82) is 0 Å². The zero-order valence-electron chi connectivity index (χ0n) is 7.29. The number of hydrogen-bond acceptors (Lipinski definition) is 2. The first-order valence-corrected chi connectivity index (χ1v) is 4.40. The average molecular weight is 161 g/mol. The molecule has 1 aliphatic rings. The summed E-state index contributed by atoms with van der Waals surface area (Å²) >= 11 is 0. The highest BCUT2D eigenvalue weighted by Gasteiger charge is 2.21. The quantitative estimate of drug-likeness (QED) is 0.587. The molecule has 0 radical (unpaired) electrons. The van der Waals surface area contributed by atoms with Gasteiger partial charge in [0.15, 0.2) is 0 Å². The summed E-state index contributed by atoms with van der Waals surface area (Å²) in [6.07, 6.45) is 4.49. The number of ether oxygens (including phenoxy) is 1. The summed E-state index contributed by atoms with van der Waals surface area (Å²) in [6, 6.07) is 3.95. The highest BCUT2D eigenvalue weighted by molar-refractivity contribution is 6.32. The molecule has 12 heavy (non-hydrogen) atoms. The van der Waals surface area contributed by atoms with Crippen molar-refractivity contribution in [1.82, 2.24) is 4.98 Å². The fraction of sp³-hybridized carbons (Fsp3) is 0.444. The number of nitrogens with zero attached hydrogens (tertiary/aromatic N) is 1. The van der Waals surface area contributed by atoms with Gasteiger partial charge in [-0.05, 0) is 24.8 Å². The van der Waals surface area contributed by atoms with Gasteiger partial charge in [0.2, 0.25) is 5.88 Å². The number of hydrogen-bond donors (Lipinski definition) is 0. The summed E-state index contributed by atoms with van der Waals surface area (Å²) in [5.74, 6) is 1.56. The normalized spacial score (nSPS) is 16.0. The molecule has 1 heterocycles. The van der Waals surface area contributed by atoms with E-state index >= 15 is 0 Å². The first-order valence-electron chi connectivity index (χ1n) is 4.40. The van der Waals surface area contributed by atoms with Crippen LogP contribution in [0.25, 0.3) is 0 Å². The lowest BCUT2D eigenvalue weighted by atomic mass is 9.99. The molecule has 3 heteroatoms. The molecule has 1 aromatic rings. The number of pyridine rings is 1. The van der Waals surface area contributed by atoms with Crippen LogP contribution in [0.4, 0.5) is 0 Å². The number of rotatable bonds is 3. The first kappa shape index (κ1) is 7.65. The predicted molar refractivity (Wildman–Crippen MR) is 50.6 cm³/mol. The van der Waals surface area contributed by atoms with Gasteiger partial charge in [-0.2, -0.15) is 0 Å². The van der Waals surface area contributed by atoms with Crippen LogP contribution >= 0.6 is 0 Å². The molecule has 1 aliphatic carbocycles. The van der Waals surface area contributed by atoms with Crippen LogP contribution in [0.5, 0.6) is 5.88 Å². The smallest absolute Gasteiger partial charge is 0.213 e. The van der Waals surface area contributed by atoms with Gasteiger partial charge < -0.3 is 4.74 Å². The third kappa shape index (κ3) is 2.00. The second-order valence-corrected chi connectivity index (χ2v) is 3.43. The zero-order valence-corrected chi connectivity index (χ0v) is 7.29. The van der Waals surface area contributed by atoms with Crippen molar-refractivity contribution in [3.05, 3.63) is 18.3 Å². The maximum atomic E-state index is 5.47. The van der Waals surface area contributed by atoms with E-state index in [9.17, 15) is 0 Å². The predicted octanol–water partition coefficient (Wildman–Crippen LogP) is 0.129. The van der Waals surface area contributed by atoms with Gasteiger partial charge in [0, 0.05) is 6.20 Å². The minimum atomic E-state index is 0.757. The van der Waals surface area contributed by atoms with Crippen LogP contribution in [0.15, 0.2) is 18.3 Å². The summed E-state index contributed by atoms with van der Waals surface area (Å²) in [6.45, 7) is 0.843. The van der Waals surface area contributed by atoms with Gasteiger partial charge in [-0.25, -0.2) is 4.98 Å². The highest BCUT2D eigenvalue weighted by atomic mass is 16.5. The van der Waals surface area contributed by atoms with Crippen molar-refractivity contribution >= 4 is 13.3 Å². The molecule has 0 atom stereocenters. The minimum absolute atomic E-state index is 0.757. The molecular formula is C9H12BNO. The van der Waals surface area contributed by atoms with Crippen molar-refractivity contribution in [2.75, 3.05) is 6.61 Å². The monoisotopic (exact) mass is 161 g/mol. The Kier molecular flexibility index (Phi) is 2.02. The molecule has 0 N–H and O–H groups in total. The van der Waals surface area contributed by atoms with Gasteiger partial charge in [-0.3, -0.25) is 0 Å². The second kappa shape index (κ2) is 3.17. The lowest BCUT2D eigenvalue weighted by Gasteiger charge is -2.02. The van der Waals surface area contributed by atoms with Gasteiger partial charge in [-0.15, -0.1) is 0 Å². The SMILES string of the molecule is Bc1ccc(OCC2CC2)nc1. The molecule has 62 valence electrons. The zero-order chi connectivity index (χ0) is 8.39. The Bertz CT molecular complexity index is 256. The van der Waals surface area contributed by atoms with Crippen molar-refractivity contribution in [3.63, 3.8) is 0 Å². The van der Waals surface area contributed by atoms with Crippen LogP contribution < -0.4 is 10.2 Å². The second-order valence-electron chi connectivity index (χ2n) is 3.43. The van der Waals surface area contributed by atoms with Crippen LogP contribution in [0.1, 0.15) is 12.8 Å². The first-order chi connectivity index (χ1) is 5.84. The summed E-state index contributed by atoms with van der Waals surface area (Å²) in [7, 11) is 2.03. The molecular weight excluding hydrogens is 149 g/mol. The van der Waals surface area contributed by atoms with Crippen molar-refractivity contribution < 1.29 is 4.74 Å². The van der Waals surface area contributed by atoms with Gasteiger partial charge in [-0.1, -0.05) is 11.5 Å². The molecule has 0 aromatic carbocycles. The Morgan fingerprint density at radius 3 is 2.92 bits per heavy atom. The van der Waals surface area contributed by atoms with Crippen molar-refractivity contribution in [3.8, 4) is 5.88 Å². The van der Waals surface area contributed by atoms with E-state index in [-0.39, 0.29) is 0 Å². The third-order valence-electron chi connectivity index (χ3n) is 2.05. The summed E-state index contributed by atoms with van der Waals surface area (Å²) in [5, 5.41) is 0. The van der Waals surface area contributed by atoms with Crippen LogP contribution in [-0.4, -0.2) is 19.4 Å². The van der Waals surface area contributed by atoms with E-state index in [1.165, 1.54) is 18.3 Å². The third-order valence-corrected chi connectivity index (χ3v) is 2.05. The largest absolute Gasteiger partial charge is 0.477 e. The van der Waals surface area contributed by atoms with E-state index in [1.807, 2.05) is 26.2 Å². The summed E-state index contributed by atoms with van der Waals surface area (Å²) in [5.41, 5.74) is 1.17. The highest BCUT2D eigenvalue weighted by Crippen LogP contribution is 2.28. The summed E-state index contributed by atoms with van der Waals surface area (Å²) in [4.78, 5) is 4.16.